The maximum atomic E-state index is 12.2. The molecule has 5 atom stereocenters. The average Bonchev–Trinajstić information content (AvgIpc) is 3.03. The Morgan fingerprint density at radius 3 is 2.56 bits per heavy atom. The van der Waals surface area contributed by atoms with Crippen LogP contribution in [0.15, 0.2) is 47.1 Å². The summed E-state index contributed by atoms with van der Waals surface area (Å²) in [6.45, 7) is 6.01. The third kappa shape index (κ3) is 3.11. The van der Waals surface area contributed by atoms with Gasteiger partial charge in [-0.05, 0) is 85.3 Å². The van der Waals surface area contributed by atoms with Crippen molar-refractivity contribution in [2.45, 2.75) is 63.4 Å². The first-order valence-electron chi connectivity index (χ1n) is 12.0. The smallest absolute Gasteiger partial charge is 0.156 e. The molecule has 4 aliphatic rings. The molecule has 3 heteroatoms. The molecule has 0 bridgehead atoms. The lowest BCUT2D eigenvalue weighted by atomic mass is 9.51. The van der Waals surface area contributed by atoms with Crippen molar-refractivity contribution in [1.29, 1.82) is 0 Å². The van der Waals surface area contributed by atoms with Gasteiger partial charge in [-0.2, -0.15) is 0 Å². The summed E-state index contributed by atoms with van der Waals surface area (Å²) in [6, 6.07) is 8.93. The van der Waals surface area contributed by atoms with Gasteiger partial charge in [-0.15, -0.1) is 0 Å². The summed E-state index contributed by atoms with van der Waals surface area (Å²) in [6.07, 6.45) is 8.08. The Kier molecular flexibility index (Phi) is 5.13. The van der Waals surface area contributed by atoms with Crippen molar-refractivity contribution in [2.75, 3.05) is 19.0 Å². The fraction of sp³-hybridized carbons (Fsp3) is 0.517. The van der Waals surface area contributed by atoms with Gasteiger partial charge in [0, 0.05) is 44.5 Å². The van der Waals surface area contributed by atoms with E-state index < -0.39 is 5.60 Å². The van der Waals surface area contributed by atoms with Crippen molar-refractivity contribution in [2.24, 2.45) is 17.3 Å². The van der Waals surface area contributed by atoms with Crippen LogP contribution in [0.2, 0.25) is 0 Å². The Balaban J connectivity index is 1.67. The zero-order valence-corrected chi connectivity index (χ0v) is 19.6. The van der Waals surface area contributed by atoms with Gasteiger partial charge < -0.3 is 10.0 Å². The number of rotatable bonds is 2. The van der Waals surface area contributed by atoms with Gasteiger partial charge in [0.25, 0.3) is 0 Å². The van der Waals surface area contributed by atoms with Gasteiger partial charge in [0.05, 0.1) is 0 Å². The maximum Gasteiger partial charge on any atom is 0.156 e. The number of hydrogen-bond acceptors (Lipinski definition) is 3. The van der Waals surface area contributed by atoms with Gasteiger partial charge in [0.1, 0.15) is 5.60 Å². The van der Waals surface area contributed by atoms with Crippen LogP contribution in [0.25, 0.3) is 0 Å². The van der Waals surface area contributed by atoms with E-state index in [-0.39, 0.29) is 17.1 Å². The van der Waals surface area contributed by atoms with Crippen molar-refractivity contribution in [3.05, 3.63) is 59.5 Å². The number of carbonyl (C=O) groups excluding carboxylic acids is 1. The zero-order chi connectivity index (χ0) is 22.7. The first kappa shape index (κ1) is 21.5. The molecule has 2 unspecified atom stereocenters. The first-order chi connectivity index (χ1) is 15.3. The largest absolute Gasteiger partial charge is 0.378 e. The summed E-state index contributed by atoms with van der Waals surface area (Å²) in [5.41, 5.74) is 5.55. The molecule has 0 amide bonds. The molecule has 5 rings (SSSR count). The second-order valence-electron chi connectivity index (χ2n) is 10.7. The van der Waals surface area contributed by atoms with Crippen molar-refractivity contribution in [1.82, 2.24) is 0 Å². The van der Waals surface area contributed by atoms with Crippen molar-refractivity contribution in [3.8, 4) is 11.8 Å². The van der Waals surface area contributed by atoms with E-state index in [2.05, 4.69) is 68.9 Å². The molecule has 4 aliphatic carbocycles. The first-order valence-corrected chi connectivity index (χ1v) is 12.0. The number of ketones is 1. The predicted molar refractivity (Wildman–Crippen MR) is 129 cm³/mol. The topological polar surface area (TPSA) is 40.5 Å². The minimum absolute atomic E-state index is 0.251. The van der Waals surface area contributed by atoms with Gasteiger partial charge in [-0.1, -0.05) is 36.5 Å². The van der Waals surface area contributed by atoms with E-state index in [1.807, 2.05) is 6.08 Å². The molecule has 32 heavy (non-hydrogen) atoms. The quantitative estimate of drug-likeness (QED) is 0.657. The molecule has 0 heterocycles. The third-order valence-corrected chi connectivity index (χ3v) is 8.99. The van der Waals surface area contributed by atoms with Gasteiger partial charge >= 0.3 is 0 Å². The van der Waals surface area contributed by atoms with E-state index in [1.54, 1.807) is 5.57 Å². The van der Waals surface area contributed by atoms with E-state index in [0.717, 1.165) is 38.5 Å². The second kappa shape index (κ2) is 7.63. The number of benzene rings is 1. The number of nitrogens with zero attached hydrogens (tertiary/aromatic N) is 1. The Hall–Kier alpha value is -2.31. The highest BCUT2D eigenvalue weighted by Crippen LogP contribution is 2.66. The lowest BCUT2D eigenvalue weighted by Gasteiger charge is -2.53. The highest BCUT2D eigenvalue weighted by molar-refractivity contribution is 5.93. The number of aliphatic hydroxyl groups is 1. The number of anilines is 1. The SMILES string of the molecule is [CH2]C#C[C@]1(O)CCC2C3CCC4=CC(=O)CCC4=C3[C@@H](c3ccc(N(C)C)cc3)C[C@@]21C. The van der Waals surface area contributed by atoms with Crippen molar-refractivity contribution in [3.63, 3.8) is 0 Å². The Morgan fingerprint density at radius 1 is 1.12 bits per heavy atom. The molecule has 2 fully saturated rings. The molecule has 0 aromatic heterocycles. The summed E-state index contributed by atoms with van der Waals surface area (Å²) < 4.78 is 0. The summed E-state index contributed by atoms with van der Waals surface area (Å²) in [4.78, 5) is 14.3. The number of fused-ring (bicyclic) bond motifs is 4. The summed E-state index contributed by atoms with van der Waals surface area (Å²) in [7, 11) is 4.13. The van der Waals surface area contributed by atoms with Gasteiger partial charge in [-0.3, -0.25) is 4.79 Å². The van der Waals surface area contributed by atoms with Gasteiger partial charge in [-0.25, -0.2) is 0 Å². The van der Waals surface area contributed by atoms with Gasteiger partial charge in [0.2, 0.25) is 0 Å². The lowest BCUT2D eigenvalue weighted by Crippen LogP contribution is -2.51. The minimum Gasteiger partial charge on any atom is -0.378 e. The molecule has 1 radical (unpaired) electrons. The monoisotopic (exact) mass is 428 g/mol. The molecule has 167 valence electrons. The van der Waals surface area contributed by atoms with E-state index in [9.17, 15) is 9.90 Å². The van der Waals surface area contributed by atoms with Crippen LogP contribution in [0.5, 0.6) is 0 Å². The predicted octanol–water partition coefficient (Wildman–Crippen LogP) is 5.22. The second-order valence-corrected chi connectivity index (χ2v) is 10.7. The van der Waals surface area contributed by atoms with E-state index in [0.29, 0.717) is 18.3 Å². The molecule has 0 saturated heterocycles. The molecule has 2 saturated carbocycles. The molecule has 0 aliphatic heterocycles. The van der Waals surface area contributed by atoms with Crippen molar-refractivity contribution < 1.29 is 9.90 Å². The third-order valence-electron chi connectivity index (χ3n) is 8.99. The van der Waals surface area contributed by atoms with Crippen LogP contribution in [0.4, 0.5) is 5.69 Å². The zero-order valence-electron chi connectivity index (χ0n) is 19.6. The molecular weight excluding hydrogens is 394 g/mol. The van der Waals surface area contributed by atoms with Crippen LogP contribution < -0.4 is 4.90 Å². The van der Waals surface area contributed by atoms with Gasteiger partial charge in [0.15, 0.2) is 5.78 Å². The Labute approximate surface area is 192 Å². The number of hydrogen-bond donors (Lipinski definition) is 1. The fourth-order valence-electron chi connectivity index (χ4n) is 7.32. The molecule has 1 aromatic rings. The molecule has 1 N–H and O–H groups in total. The van der Waals surface area contributed by atoms with Crippen LogP contribution in [0.1, 0.15) is 63.4 Å². The van der Waals surface area contributed by atoms with Crippen LogP contribution in [-0.4, -0.2) is 30.6 Å². The number of carbonyl (C=O) groups is 1. The van der Waals surface area contributed by atoms with E-state index >= 15 is 0 Å². The van der Waals surface area contributed by atoms with Crippen LogP contribution in [0.3, 0.4) is 0 Å². The molecule has 0 spiro atoms. The summed E-state index contributed by atoms with van der Waals surface area (Å²) in [5, 5.41) is 11.7. The highest BCUT2D eigenvalue weighted by atomic mass is 16.3. The van der Waals surface area contributed by atoms with Crippen LogP contribution >= 0.6 is 0 Å². The molecule has 3 nitrogen and oxygen atoms in total. The van der Waals surface area contributed by atoms with E-state index in [1.165, 1.54) is 22.4 Å². The fourth-order valence-corrected chi connectivity index (χ4v) is 7.32. The molecule has 1 aromatic carbocycles. The molecular formula is C29H34NO2. The van der Waals surface area contributed by atoms with Crippen molar-refractivity contribution >= 4 is 11.5 Å². The normalized spacial score (nSPS) is 35.8. The van der Waals surface area contributed by atoms with E-state index in [4.69, 9.17) is 0 Å². The van der Waals surface area contributed by atoms with Crippen LogP contribution in [-0.2, 0) is 4.79 Å². The Bertz CT molecular complexity index is 1070. The summed E-state index contributed by atoms with van der Waals surface area (Å²) in [5.74, 6) is 7.32. The minimum atomic E-state index is -0.976. The average molecular weight is 429 g/mol. The maximum absolute atomic E-state index is 12.2. The standard InChI is InChI=1S/C29H34NO2/c1-5-15-29(32)16-14-26-24-12-8-20-17-22(31)11-13-23(20)27(24)25(18-28(26,29)2)19-6-9-21(10-7-19)30(3)4/h6-7,9-10,17,24-26,32H,1,8,11-14,16,18H2,2-4H3/t24?,25-,26?,28+,29+/m1/s1. The lowest BCUT2D eigenvalue weighted by molar-refractivity contribution is -0.114. The summed E-state index contributed by atoms with van der Waals surface area (Å²) >= 11 is 0. The number of allylic oxidation sites excluding steroid dienone is 4. The Morgan fingerprint density at radius 2 is 1.88 bits per heavy atom. The highest BCUT2D eigenvalue weighted by Gasteiger charge is 2.62. The van der Waals surface area contributed by atoms with Crippen LogP contribution in [0, 0.1) is 36.0 Å².